The average Bonchev–Trinajstić information content (AvgIpc) is 2.05. The number of hydrogen-bond donors (Lipinski definition) is 0. The molecule has 0 spiro atoms. The van der Waals surface area contributed by atoms with E-state index in [-0.39, 0.29) is 11.8 Å². The van der Waals surface area contributed by atoms with Gasteiger partial charge in [-0.3, -0.25) is 0 Å². The average molecular weight is 176 g/mol. The SMILES string of the molecule is COc1nccc(CCl)c1F. The van der Waals surface area contributed by atoms with Gasteiger partial charge in [-0.25, -0.2) is 9.37 Å². The summed E-state index contributed by atoms with van der Waals surface area (Å²) in [5.74, 6) is -0.363. The van der Waals surface area contributed by atoms with E-state index in [1.807, 2.05) is 0 Å². The van der Waals surface area contributed by atoms with Gasteiger partial charge in [-0.05, 0) is 6.07 Å². The molecule has 0 bridgehead atoms. The van der Waals surface area contributed by atoms with Gasteiger partial charge < -0.3 is 4.74 Å². The topological polar surface area (TPSA) is 22.1 Å². The first kappa shape index (κ1) is 8.27. The fourth-order valence-electron chi connectivity index (χ4n) is 0.708. The van der Waals surface area contributed by atoms with Crippen LogP contribution < -0.4 is 4.74 Å². The molecule has 4 heteroatoms. The first-order valence-corrected chi connectivity index (χ1v) is 3.56. The summed E-state index contributed by atoms with van der Waals surface area (Å²) in [6, 6.07) is 1.52. The van der Waals surface area contributed by atoms with Crippen molar-refractivity contribution >= 4 is 11.6 Å². The monoisotopic (exact) mass is 175 g/mol. The van der Waals surface area contributed by atoms with Crippen LogP contribution >= 0.6 is 11.6 Å². The minimum atomic E-state index is -0.481. The van der Waals surface area contributed by atoms with Crippen LogP contribution in [0.3, 0.4) is 0 Å². The zero-order valence-electron chi connectivity index (χ0n) is 5.97. The molecule has 0 saturated heterocycles. The van der Waals surface area contributed by atoms with E-state index in [1.54, 1.807) is 0 Å². The number of alkyl halides is 1. The van der Waals surface area contributed by atoms with Crippen molar-refractivity contribution in [2.24, 2.45) is 0 Å². The summed E-state index contributed by atoms with van der Waals surface area (Å²) in [7, 11) is 1.36. The molecule has 1 heterocycles. The maximum atomic E-state index is 13.0. The third-order valence-corrected chi connectivity index (χ3v) is 1.56. The largest absolute Gasteiger partial charge is 0.479 e. The standard InChI is InChI=1S/C7H7ClFNO/c1-11-7-6(9)5(4-8)2-3-10-7/h2-3H,4H2,1H3. The van der Waals surface area contributed by atoms with Gasteiger partial charge >= 0.3 is 0 Å². The van der Waals surface area contributed by atoms with E-state index in [4.69, 9.17) is 11.6 Å². The molecule has 2 nitrogen and oxygen atoms in total. The number of ether oxygens (including phenoxy) is 1. The lowest BCUT2D eigenvalue weighted by Gasteiger charge is -2.01. The van der Waals surface area contributed by atoms with E-state index in [0.29, 0.717) is 5.56 Å². The summed E-state index contributed by atoms with van der Waals surface area (Å²) >= 11 is 5.44. The second-order valence-corrected chi connectivity index (χ2v) is 2.19. The van der Waals surface area contributed by atoms with Gasteiger partial charge in [0.05, 0.1) is 13.0 Å². The Labute approximate surface area is 69.0 Å². The van der Waals surface area contributed by atoms with Crippen LogP contribution in [0.25, 0.3) is 0 Å². The van der Waals surface area contributed by atoms with E-state index in [9.17, 15) is 4.39 Å². The molecule has 1 rings (SSSR count). The number of methoxy groups -OCH3 is 1. The summed E-state index contributed by atoms with van der Waals surface area (Å²) in [4.78, 5) is 3.65. The van der Waals surface area contributed by atoms with Crippen molar-refractivity contribution in [1.29, 1.82) is 0 Å². The van der Waals surface area contributed by atoms with Crippen molar-refractivity contribution in [3.8, 4) is 5.88 Å². The summed E-state index contributed by atoms with van der Waals surface area (Å²) in [6.07, 6.45) is 1.46. The van der Waals surface area contributed by atoms with Crippen LogP contribution in [0.2, 0.25) is 0 Å². The van der Waals surface area contributed by atoms with E-state index in [0.717, 1.165) is 0 Å². The first-order valence-electron chi connectivity index (χ1n) is 3.03. The second kappa shape index (κ2) is 3.53. The second-order valence-electron chi connectivity index (χ2n) is 1.93. The molecule has 0 aliphatic rings. The number of hydrogen-bond acceptors (Lipinski definition) is 2. The van der Waals surface area contributed by atoms with Crippen molar-refractivity contribution in [1.82, 2.24) is 4.98 Å². The van der Waals surface area contributed by atoms with Crippen LogP contribution in [-0.2, 0) is 5.88 Å². The van der Waals surface area contributed by atoms with E-state index in [1.165, 1.54) is 19.4 Å². The molecular formula is C7H7ClFNO. The normalized spacial score (nSPS) is 9.73. The maximum absolute atomic E-state index is 13.0. The Hall–Kier alpha value is -0.830. The van der Waals surface area contributed by atoms with Crippen molar-refractivity contribution in [2.45, 2.75) is 5.88 Å². The number of pyridine rings is 1. The van der Waals surface area contributed by atoms with Crippen molar-refractivity contribution in [2.75, 3.05) is 7.11 Å². The van der Waals surface area contributed by atoms with E-state index >= 15 is 0 Å². The van der Waals surface area contributed by atoms with Crippen LogP contribution in [0.15, 0.2) is 12.3 Å². The molecule has 0 N–H and O–H groups in total. The highest BCUT2D eigenvalue weighted by Gasteiger charge is 2.07. The van der Waals surface area contributed by atoms with Crippen LogP contribution in [0.5, 0.6) is 5.88 Å². The van der Waals surface area contributed by atoms with Gasteiger partial charge in [0, 0.05) is 11.8 Å². The fraction of sp³-hybridized carbons (Fsp3) is 0.286. The van der Waals surface area contributed by atoms with Gasteiger partial charge in [0.15, 0.2) is 5.82 Å². The van der Waals surface area contributed by atoms with Crippen LogP contribution in [0, 0.1) is 5.82 Å². The molecule has 0 aliphatic carbocycles. The molecule has 0 saturated carbocycles. The first-order chi connectivity index (χ1) is 5.29. The summed E-state index contributed by atoms with van der Waals surface area (Å²) in [5.41, 5.74) is 0.401. The fourth-order valence-corrected chi connectivity index (χ4v) is 0.914. The molecule has 1 aromatic heterocycles. The Morgan fingerprint density at radius 3 is 3.00 bits per heavy atom. The van der Waals surface area contributed by atoms with E-state index in [2.05, 4.69) is 9.72 Å². The third-order valence-electron chi connectivity index (χ3n) is 1.27. The highest BCUT2D eigenvalue weighted by Crippen LogP contribution is 2.17. The Bertz CT molecular complexity index is 232. The summed E-state index contributed by atoms with van der Waals surface area (Å²) in [6.45, 7) is 0. The lowest BCUT2D eigenvalue weighted by atomic mass is 10.3. The Morgan fingerprint density at radius 2 is 2.45 bits per heavy atom. The highest BCUT2D eigenvalue weighted by atomic mass is 35.5. The predicted molar refractivity (Wildman–Crippen MR) is 40.3 cm³/mol. The molecule has 0 radical (unpaired) electrons. The molecule has 60 valence electrons. The maximum Gasteiger partial charge on any atom is 0.250 e. The molecule has 0 atom stereocenters. The molecule has 0 aromatic carbocycles. The number of aromatic nitrogens is 1. The Morgan fingerprint density at radius 1 is 1.73 bits per heavy atom. The van der Waals surface area contributed by atoms with Crippen LogP contribution in [-0.4, -0.2) is 12.1 Å². The zero-order chi connectivity index (χ0) is 8.27. The van der Waals surface area contributed by atoms with Crippen molar-refractivity contribution in [3.63, 3.8) is 0 Å². The molecule has 0 fully saturated rings. The van der Waals surface area contributed by atoms with Gasteiger partial charge in [-0.2, -0.15) is 0 Å². The van der Waals surface area contributed by atoms with Crippen LogP contribution in [0.4, 0.5) is 4.39 Å². The third kappa shape index (κ3) is 1.60. The summed E-state index contributed by atoms with van der Waals surface area (Å²) < 4.78 is 17.6. The molecule has 0 aliphatic heterocycles. The predicted octanol–water partition coefficient (Wildman–Crippen LogP) is 1.97. The van der Waals surface area contributed by atoms with Gasteiger partial charge in [0.2, 0.25) is 5.88 Å². The number of nitrogens with zero attached hydrogens (tertiary/aromatic N) is 1. The van der Waals surface area contributed by atoms with Gasteiger partial charge in [-0.15, -0.1) is 11.6 Å². The minimum Gasteiger partial charge on any atom is -0.479 e. The molecule has 1 aromatic rings. The number of rotatable bonds is 2. The smallest absolute Gasteiger partial charge is 0.250 e. The molecule has 0 unspecified atom stereocenters. The quantitative estimate of drug-likeness (QED) is 0.642. The highest BCUT2D eigenvalue weighted by molar-refractivity contribution is 6.17. The lowest BCUT2D eigenvalue weighted by Crippen LogP contribution is -1.95. The van der Waals surface area contributed by atoms with Gasteiger partial charge in [0.25, 0.3) is 0 Å². The molecule has 0 amide bonds. The molecule has 11 heavy (non-hydrogen) atoms. The summed E-state index contributed by atoms with van der Waals surface area (Å²) in [5, 5.41) is 0. The minimum absolute atomic E-state index is 0.0110. The van der Waals surface area contributed by atoms with E-state index < -0.39 is 5.82 Å². The van der Waals surface area contributed by atoms with Crippen molar-refractivity contribution in [3.05, 3.63) is 23.6 Å². The number of halogens is 2. The Balaban J connectivity index is 3.10. The van der Waals surface area contributed by atoms with Crippen molar-refractivity contribution < 1.29 is 9.13 Å². The molecular weight excluding hydrogens is 169 g/mol. The van der Waals surface area contributed by atoms with Gasteiger partial charge in [0.1, 0.15) is 0 Å². The zero-order valence-corrected chi connectivity index (χ0v) is 6.73. The van der Waals surface area contributed by atoms with Gasteiger partial charge in [-0.1, -0.05) is 0 Å². The Kier molecular flexibility index (Phi) is 2.65. The lowest BCUT2D eigenvalue weighted by molar-refractivity contribution is 0.367. The van der Waals surface area contributed by atoms with Crippen LogP contribution in [0.1, 0.15) is 5.56 Å².